The maximum atomic E-state index is 5.27. The van der Waals surface area contributed by atoms with Gasteiger partial charge >= 0.3 is 0 Å². The highest BCUT2D eigenvalue weighted by Crippen LogP contribution is 2.22. The Hall–Kier alpha value is -1.29. The lowest BCUT2D eigenvalue weighted by Crippen LogP contribution is -1.84. The number of nitrogens with zero attached hydrogens (tertiary/aromatic N) is 2. The summed E-state index contributed by atoms with van der Waals surface area (Å²) < 4.78 is 5.27. The van der Waals surface area contributed by atoms with Crippen LogP contribution in [-0.2, 0) is 0 Å². The van der Waals surface area contributed by atoms with E-state index in [4.69, 9.17) is 4.42 Å². The van der Waals surface area contributed by atoms with Gasteiger partial charge in [-0.2, -0.15) is 12.6 Å². The summed E-state index contributed by atoms with van der Waals surface area (Å²) in [6.45, 7) is 1.92. The zero-order valence-electron chi connectivity index (χ0n) is 7.71. The van der Waals surface area contributed by atoms with Crippen LogP contribution in [-0.4, -0.2) is 9.97 Å². The SMILES string of the molecule is CC(S)c1nc(-c2cccnc2)co1. The predicted octanol–water partition coefficient (Wildman–Crippen LogP) is 2.73. The van der Waals surface area contributed by atoms with Gasteiger partial charge in [0, 0.05) is 18.0 Å². The molecule has 0 bridgehead atoms. The molecule has 0 fully saturated rings. The standard InChI is InChI=1S/C10H10N2OS/c1-7(14)10-12-9(6-13-10)8-3-2-4-11-5-8/h2-7,14H,1H3. The van der Waals surface area contributed by atoms with E-state index in [0.717, 1.165) is 11.3 Å². The Morgan fingerprint density at radius 3 is 2.93 bits per heavy atom. The van der Waals surface area contributed by atoms with Gasteiger partial charge in [-0.1, -0.05) is 0 Å². The molecule has 0 saturated heterocycles. The van der Waals surface area contributed by atoms with Crippen LogP contribution >= 0.6 is 12.6 Å². The fourth-order valence-electron chi connectivity index (χ4n) is 1.13. The molecule has 72 valence electrons. The predicted molar refractivity (Wildman–Crippen MR) is 57.1 cm³/mol. The Labute approximate surface area is 87.6 Å². The van der Waals surface area contributed by atoms with Gasteiger partial charge in [0.2, 0.25) is 5.89 Å². The van der Waals surface area contributed by atoms with Crippen LogP contribution in [0.2, 0.25) is 0 Å². The molecule has 0 radical (unpaired) electrons. The molecule has 0 aliphatic carbocycles. The molecule has 2 rings (SSSR count). The molecule has 0 saturated carbocycles. The molecular weight excluding hydrogens is 196 g/mol. The van der Waals surface area contributed by atoms with E-state index < -0.39 is 0 Å². The molecule has 1 unspecified atom stereocenters. The van der Waals surface area contributed by atoms with Gasteiger partial charge < -0.3 is 4.42 Å². The molecule has 1 atom stereocenters. The van der Waals surface area contributed by atoms with Crippen molar-refractivity contribution in [3.63, 3.8) is 0 Å². The molecule has 2 aromatic rings. The summed E-state index contributed by atoms with van der Waals surface area (Å²) in [5.74, 6) is 0.632. The highest BCUT2D eigenvalue weighted by molar-refractivity contribution is 7.80. The average Bonchev–Trinajstić information content (AvgIpc) is 2.68. The monoisotopic (exact) mass is 206 g/mol. The lowest BCUT2D eigenvalue weighted by atomic mass is 10.2. The third kappa shape index (κ3) is 1.80. The number of aromatic nitrogens is 2. The van der Waals surface area contributed by atoms with Crippen LogP contribution < -0.4 is 0 Å². The number of pyridine rings is 1. The number of oxazole rings is 1. The summed E-state index contributed by atoms with van der Waals surface area (Å²) in [5.41, 5.74) is 1.76. The van der Waals surface area contributed by atoms with Crippen molar-refractivity contribution in [2.75, 3.05) is 0 Å². The van der Waals surface area contributed by atoms with E-state index in [2.05, 4.69) is 22.6 Å². The summed E-state index contributed by atoms with van der Waals surface area (Å²) in [4.78, 5) is 8.31. The Morgan fingerprint density at radius 2 is 2.36 bits per heavy atom. The summed E-state index contributed by atoms with van der Waals surface area (Å²) >= 11 is 4.24. The first-order chi connectivity index (χ1) is 6.77. The Bertz CT molecular complexity index is 411. The molecular formula is C10H10N2OS. The van der Waals surface area contributed by atoms with Crippen LogP contribution in [0.4, 0.5) is 0 Å². The van der Waals surface area contributed by atoms with Crippen molar-refractivity contribution in [2.45, 2.75) is 12.2 Å². The van der Waals surface area contributed by atoms with E-state index in [1.807, 2.05) is 19.1 Å². The molecule has 0 N–H and O–H groups in total. The van der Waals surface area contributed by atoms with Crippen molar-refractivity contribution in [3.8, 4) is 11.3 Å². The van der Waals surface area contributed by atoms with Crippen LogP contribution in [0.25, 0.3) is 11.3 Å². The van der Waals surface area contributed by atoms with Crippen LogP contribution in [0.1, 0.15) is 18.1 Å². The minimum atomic E-state index is 0.0143. The van der Waals surface area contributed by atoms with Gasteiger partial charge in [-0.15, -0.1) is 0 Å². The average molecular weight is 206 g/mol. The van der Waals surface area contributed by atoms with Crippen molar-refractivity contribution in [1.82, 2.24) is 9.97 Å². The smallest absolute Gasteiger partial charge is 0.207 e. The summed E-state index contributed by atoms with van der Waals surface area (Å²) in [7, 11) is 0. The molecule has 14 heavy (non-hydrogen) atoms. The molecule has 0 spiro atoms. The molecule has 4 heteroatoms. The first kappa shape index (κ1) is 9.27. The summed E-state index contributed by atoms with van der Waals surface area (Å²) in [6, 6.07) is 3.81. The molecule has 0 aliphatic rings. The van der Waals surface area contributed by atoms with E-state index in [0.29, 0.717) is 5.89 Å². The van der Waals surface area contributed by atoms with Gasteiger partial charge in [0.25, 0.3) is 0 Å². The van der Waals surface area contributed by atoms with E-state index in [9.17, 15) is 0 Å². The van der Waals surface area contributed by atoms with Crippen LogP contribution in [0.15, 0.2) is 35.2 Å². The molecule has 0 amide bonds. The quantitative estimate of drug-likeness (QED) is 0.768. The van der Waals surface area contributed by atoms with Gasteiger partial charge in [-0.3, -0.25) is 4.98 Å². The third-order valence-corrected chi connectivity index (χ3v) is 2.06. The maximum Gasteiger partial charge on any atom is 0.207 e. The van der Waals surface area contributed by atoms with Gasteiger partial charge in [0.05, 0.1) is 5.25 Å². The van der Waals surface area contributed by atoms with Crippen molar-refractivity contribution in [1.29, 1.82) is 0 Å². The second-order valence-corrected chi connectivity index (χ2v) is 3.76. The first-order valence-corrected chi connectivity index (χ1v) is 4.83. The fourth-order valence-corrected chi connectivity index (χ4v) is 1.24. The Morgan fingerprint density at radius 1 is 1.50 bits per heavy atom. The second-order valence-electron chi connectivity index (χ2n) is 2.99. The molecule has 0 aromatic carbocycles. The normalized spacial score (nSPS) is 12.7. The Balaban J connectivity index is 2.34. The van der Waals surface area contributed by atoms with Crippen LogP contribution in [0.5, 0.6) is 0 Å². The number of thiol groups is 1. The largest absolute Gasteiger partial charge is 0.447 e. The molecule has 3 nitrogen and oxygen atoms in total. The van der Waals surface area contributed by atoms with Crippen LogP contribution in [0, 0.1) is 0 Å². The minimum Gasteiger partial charge on any atom is -0.447 e. The summed E-state index contributed by atoms with van der Waals surface area (Å²) in [6.07, 6.45) is 5.11. The van der Waals surface area contributed by atoms with Gasteiger partial charge in [0.1, 0.15) is 12.0 Å². The topological polar surface area (TPSA) is 38.9 Å². The number of hydrogen-bond acceptors (Lipinski definition) is 4. The lowest BCUT2D eigenvalue weighted by Gasteiger charge is -1.94. The van der Waals surface area contributed by atoms with E-state index in [1.54, 1.807) is 18.7 Å². The van der Waals surface area contributed by atoms with Gasteiger partial charge in [-0.05, 0) is 19.1 Å². The van der Waals surface area contributed by atoms with Crippen molar-refractivity contribution < 1.29 is 4.42 Å². The van der Waals surface area contributed by atoms with E-state index >= 15 is 0 Å². The Kier molecular flexibility index (Phi) is 2.54. The molecule has 2 heterocycles. The van der Waals surface area contributed by atoms with Crippen molar-refractivity contribution in [3.05, 3.63) is 36.7 Å². The third-order valence-electron chi connectivity index (χ3n) is 1.84. The van der Waals surface area contributed by atoms with Crippen molar-refractivity contribution in [2.24, 2.45) is 0 Å². The van der Waals surface area contributed by atoms with Gasteiger partial charge in [-0.25, -0.2) is 4.98 Å². The highest BCUT2D eigenvalue weighted by atomic mass is 32.1. The first-order valence-electron chi connectivity index (χ1n) is 4.31. The molecule has 2 aromatic heterocycles. The van der Waals surface area contributed by atoms with Crippen molar-refractivity contribution >= 4 is 12.6 Å². The number of hydrogen-bond donors (Lipinski definition) is 1. The van der Waals surface area contributed by atoms with Crippen LogP contribution in [0.3, 0.4) is 0 Å². The van der Waals surface area contributed by atoms with Gasteiger partial charge in [0.15, 0.2) is 0 Å². The fraction of sp³-hybridized carbons (Fsp3) is 0.200. The number of rotatable bonds is 2. The highest BCUT2D eigenvalue weighted by Gasteiger charge is 2.09. The zero-order chi connectivity index (χ0) is 9.97. The minimum absolute atomic E-state index is 0.0143. The van der Waals surface area contributed by atoms with E-state index in [-0.39, 0.29) is 5.25 Å². The maximum absolute atomic E-state index is 5.27. The molecule has 0 aliphatic heterocycles. The summed E-state index contributed by atoms with van der Waals surface area (Å²) in [5, 5.41) is 0.0143. The lowest BCUT2D eigenvalue weighted by molar-refractivity contribution is 0.499. The second kappa shape index (κ2) is 3.84. The van der Waals surface area contributed by atoms with E-state index in [1.165, 1.54) is 0 Å². The zero-order valence-corrected chi connectivity index (χ0v) is 8.61.